The third-order valence-corrected chi connectivity index (χ3v) is 6.21. The lowest BCUT2D eigenvalue weighted by Crippen LogP contribution is -2.55. The predicted molar refractivity (Wildman–Crippen MR) is 147 cm³/mol. The van der Waals surface area contributed by atoms with Gasteiger partial charge >= 0.3 is 12.2 Å². The SMILES string of the molecule is COc1ccc(Oc2ccc3[nH]c(C4(NC(=O)OC(C)(C)C)CCN(C(=O)OC(C)(C)C)CC4)nc3c2)cc1. The number of rotatable bonds is 5. The largest absolute Gasteiger partial charge is 0.497 e. The topological polar surface area (TPSA) is 115 Å². The van der Waals surface area contributed by atoms with Gasteiger partial charge in [0.2, 0.25) is 0 Å². The average Bonchev–Trinajstić information content (AvgIpc) is 3.27. The Kier molecular flexibility index (Phi) is 7.68. The Labute approximate surface area is 229 Å². The summed E-state index contributed by atoms with van der Waals surface area (Å²) in [6.45, 7) is 11.7. The van der Waals surface area contributed by atoms with Crippen LogP contribution in [0, 0.1) is 0 Å². The van der Waals surface area contributed by atoms with Crippen molar-refractivity contribution in [2.24, 2.45) is 0 Å². The van der Waals surface area contributed by atoms with E-state index < -0.39 is 22.8 Å². The number of methoxy groups -OCH3 is 1. The van der Waals surface area contributed by atoms with Crippen LogP contribution in [0.1, 0.15) is 60.2 Å². The van der Waals surface area contributed by atoms with Crippen LogP contribution in [-0.4, -0.2) is 58.5 Å². The van der Waals surface area contributed by atoms with Gasteiger partial charge in [-0.3, -0.25) is 0 Å². The van der Waals surface area contributed by atoms with Gasteiger partial charge in [0.1, 0.15) is 39.8 Å². The Morgan fingerprint density at radius 1 is 0.897 bits per heavy atom. The van der Waals surface area contributed by atoms with Gasteiger partial charge in [0, 0.05) is 19.2 Å². The Balaban J connectivity index is 1.59. The molecule has 39 heavy (non-hydrogen) atoms. The first-order chi connectivity index (χ1) is 18.2. The number of fused-ring (bicyclic) bond motifs is 1. The lowest BCUT2D eigenvalue weighted by Gasteiger charge is -2.41. The molecule has 2 heterocycles. The minimum atomic E-state index is -0.864. The number of carbonyl (C=O) groups excluding carboxylic acids is 2. The van der Waals surface area contributed by atoms with Gasteiger partial charge in [0.25, 0.3) is 0 Å². The number of benzene rings is 2. The molecule has 2 aromatic carbocycles. The number of alkyl carbamates (subject to hydrolysis) is 1. The van der Waals surface area contributed by atoms with Gasteiger partial charge in [0.05, 0.1) is 18.1 Å². The smallest absolute Gasteiger partial charge is 0.410 e. The molecule has 1 aliphatic heterocycles. The molecular weight excluding hydrogens is 500 g/mol. The van der Waals surface area contributed by atoms with E-state index in [-0.39, 0.29) is 6.09 Å². The molecule has 2 amide bonds. The summed E-state index contributed by atoms with van der Waals surface area (Å²) < 4.78 is 22.3. The quantitative estimate of drug-likeness (QED) is 0.402. The Bertz CT molecular complexity index is 1310. The van der Waals surface area contributed by atoms with Gasteiger partial charge in [-0.15, -0.1) is 0 Å². The molecule has 0 atom stereocenters. The zero-order chi connectivity index (χ0) is 28.4. The number of carbonyl (C=O) groups is 2. The van der Waals surface area contributed by atoms with Gasteiger partial charge in [-0.1, -0.05) is 0 Å². The average molecular weight is 539 g/mol. The molecule has 1 saturated heterocycles. The Hall–Kier alpha value is -3.95. The molecule has 1 aliphatic rings. The van der Waals surface area contributed by atoms with Gasteiger partial charge in [-0.05, 0) is 90.8 Å². The molecule has 4 rings (SSSR count). The van der Waals surface area contributed by atoms with Crippen molar-refractivity contribution < 1.29 is 28.5 Å². The zero-order valence-electron chi connectivity index (χ0n) is 23.7. The number of piperidine rings is 1. The van der Waals surface area contributed by atoms with E-state index in [1.807, 2.05) is 84.0 Å². The van der Waals surface area contributed by atoms with Crippen LogP contribution >= 0.6 is 0 Å². The van der Waals surface area contributed by atoms with E-state index in [1.54, 1.807) is 12.0 Å². The predicted octanol–water partition coefficient (Wildman–Crippen LogP) is 6.11. The van der Waals surface area contributed by atoms with Gasteiger partial charge < -0.3 is 34.1 Å². The molecule has 10 heteroatoms. The van der Waals surface area contributed by atoms with E-state index in [0.29, 0.717) is 48.8 Å². The molecule has 0 saturated carbocycles. The molecule has 0 spiro atoms. The van der Waals surface area contributed by atoms with Crippen molar-refractivity contribution in [3.05, 3.63) is 48.3 Å². The molecule has 210 valence electrons. The van der Waals surface area contributed by atoms with Crippen molar-refractivity contribution in [1.29, 1.82) is 0 Å². The molecular formula is C29H38N4O6. The van der Waals surface area contributed by atoms with Gasteiger partial charge in [-0.25, -0.2) is 14.6 Å². The normalized spacial score (nSPS) is 15.5. The Morgan fingerprint density at radius 2 is 1.49 bits per heavy atom. The molecule has 2 N–H and O–H groups in total. The number of hydrogen-bond acceptors (Lipinski definition) is 7. The van der Waals surface area contributed by atoms with Gasteiger partial charge in [0.15, 0.2) is 0 Å². The maximum Gasteiger partial charge on any atom is 0.410 e. The third kappa shape index (κ3) is 7.13. The van der Waals surface area contributed by atoms with Gasteiger partial charge in [-0.2, -0.15) is 0 Å². The summed E-state index contributed by atoms with van der Waals surface area (Å²) in [6, 6.07) is 12.9. The van der Waals surface area contributed by atoms with Crippen molar-refractivity contribution in [3.63, 3.8) is 0 Å². The van der Waals surface area contributed by atoms with Crippen LogP contribution in [0.25, 0.3) is 11.0 Å². The molecule has 0 aliphatic carbocycles. The van der Waals surface area contributed by atoms with Crippen LogP contribution in [0.5, 0.6) is 17.2 Å². The zero-order valence-corrected chi connectivity index (χ0v) is 23.7. The summed E-state index contributed by atoms with van der Waals surface area (Å²) >= 11 is 0. The fourth-order valence-electron chi connectivity index (χ4n) is 4.37. The number of amides is 2. The monoisotopic (exact) mass is 538 g/mol. The van der Waals surface area contributed by atoms with Crippen molar-refractivity contribution in [3.8, 4) is 17.2 Å². The first-order valence-electron chi connectivity index (χ1n) is 13.1. The highest BCUT2D eigenvalue weighted by Crippen LogP contribution is 2.35. The minimum absolute atomic E-state index is 0.377. The van der Waals surface area contributed by atoms with Crippen molar-refractivity contribution in [1.82, 2.24) is 20.2 Å². The number of hydrogen-bond donors (Lipinski definition) is 2. The van der Waals surface area contributed by atoms with E-state index in [2.05, 4.69) is 10.3 Å². The highest BCUT2D eigenvalue weighted by Gasteiger charge is 2.43. The van der Waals surface area contributed by atoms with E-state index in [1.165, 1.54) is 0 Å². The molecule has 0 unspecified atom stereocenters. The standard InChI is InChI=1S/C29H38N4O6/c1-27(2,3)38-25(34)32-29(14-16-33(17-15-29)26(35)39-28(4,5)6)24-30-22-13-12-21(18-23(22)31-24)37-20-10-8-19(36-7)9-11-20/h8-13,18H,14-17H2,1-7H3,(H,30,31)(H,32,34). The maximum atomic E-state index is 12.9. The third-order valence-electron chi connectivity index (χ3n) is 6.21. The summed E-state index contributed by atoms with van der Waals surface area (Å²) in [5.41, 5.74) is -0.631. The van der Waals surface area contributed by atoms with E-state index in [0.717, 1.165) is 11.3 Å². The summed E-state index contributed by atoms with van der Waals surface area (Å²) in [6.07, 6.45) is -0.0587. The number of aromatic amines is 1. The second-order valence-corrected chi connectivity index (χ2v) is 11.7. The van der Waals surface area contributed by atoms with Crippen LogP contribution in [-0.2, 0) is 15.0 Å². The van der Waals surface area contributed by atoms with Crippen LogP contribution in [0.2, 0.25) is 0 Å². The summed E-state index contributed by atoms with van der Waals surface area (Å²) in [7, 11) is 1.62. The summed E-state index contributed by atoms with van der Waals surface area (Å²) in [5.74, 6) is 2.63. The number of nitrogens with zero attached hydrogens (tertiary/aromatic N) is 2. The van der Waals surface area contributed by atoms with Crippen molar-refractivity contribution >= 4 is 23.2 Å². The van der Waals surface area contributed by atoms with E-state index in [4.69, 9.17) is 23.9 Å². The fraction of sp³-hybridized carbons (Fsp3) is 0.483. The Morgan fingerprint density at radius 3 is 2.08 bits per heavy atom. The summed E-state index contributed by atoms with van der Waals surface area (Å²) in [5, 5.41) is 3.06. The molecule has 0 radical (unpaired) electrons. The lowest BCUT2D eigenvalue weighted by atomic mass is 9.86. The fourth-order valence-corrected chi connectivity index (χ4v) is 4.37. The number of ether oxygens (including phenoxy) is 4. The van der Waals surface area contributed by atoms with E-state index in [9.17, 15) is 9.59 Å². The molecule has 10 nitrogen and oxygen atoms in total. The maximum absolute atomic E-state index is 12.9. The second kappa shape index (κ2) is 10.7. The first-order valence-corrected chi connectivity index (χ1v) is 13.1. The van der Waals surface area contributed by atoms with E-state index >= 15 is 0 Å². The number of nitrogens with one attached hydrogen (secondary N) is 2. The summed E-state index contributed by atoms with van der Waals surface area (Å²) in [4.78, 5) is 35.5. The number of likely N-dealkylation sites (tertiary alicyclic amines) is 1. The molecule has 3 aromatic rings. The van der Waals surface area contributed by atoms with Crippen LogP contribution in [0.4, 0.5) is 9.59 Å². The number of imidazole rings is 1. The van der Waals surface area contributed by atoms with Crippen molar-refractivity contribution in [2.45, 2.75) is 71.1 Å². The number of aromatic nitrogens is 2. The van der Waals surface area contributed by atoms with Crippen LogP contribution in [0.3, 0.4) is 0 Å². The molecule has 1 fully saturated rings. The highest BCUT2D eigenvalue weighted by atomic mass is 16.6. The lowest BCUT2D eigenvalue weighted by molar-refractivity contribution is 0.0107. The highest BCUT2D eigenvalue weighted by molar-refractivity contribution is 5.78. The minimum Gasteiger partial charge on any atom is -0.497 e. The number of H-pyrrole nitrogens is 1. The van der Waals surface area contributed by atoms with Crippen LogP contribution in [0.15, 0.2) is 42.5 Å². The first kappa shape index (κ1) is 28.1. The van der Waals surface area contributed by atoms with Crippen molar-refractivity contribution in [2.75, 3.05) is 20.2 Å². The van der Waals surface area contributed by atoms with Crippen LogP contribution < -0.4 is 14.8 Å². The molecule has 1 aromatic heterocycles. The second-order valence-electron chi connectivity index (χ2n) is 11.7. The molecule has 0 bridgehead atoms.